The van der Waals surface area contributed by atoms with E-state index < -0.39 is 0 Å². The smallest absolute Gasteiger partial charge is 0.156 e. The summed E-state index contributed by atoms with van der Waals surface area (Å²) in [5, 5.41) is 4.32. The van der Waals surface area contributed by atoms with Gasteiger partial charge in [-0.1, -0.05) is 18.5 Å². The van der Waals surface area contributed by atoms with E-state index in [2.05, 4.69) is 47.0 Å². The number of piperidine rings is 1. The van der Waals surface area contributed by atoms with Crippen molar-refractivity contribution in [1.29, 1.82) is 0 Å². The maximum absolute atomic E-state index is 6.15. The highest BCUT2D eigenvalue weighted by Crippen LogP contribution is 2.38. The number of nitrogens with one attached hydrogen (secondary N) is 1. The maximum Gasteiger partial charge on any atom is 0.156 e. The number of benzene rings is 1. The van der Waals surface area contributed by atoms with Crippen LogP contribution in [-0.4, -0.2) is 37.7 Å². The second kappa shape index (κ2) is 6.54. The second-order valence-electron chi connectivity index (χ2n) is 5.72. The lowest BCUT2D eigenvalue weighted by molar-refractivity contribution is 0.145. The van der Waals surface area contributed by atoms with Crippen LogP contribution < -0.4 is 10.1 Å². The summed E-state index contributed by atoms with van der Waals surface area (Å²) in [5.41, 5.74) is 0.959. The van der Waals surface area contributed by atoms with Crippen molar-refractivity contribution in [3.05, 3.63) is 21.6 Å². The Bertz CT molecular complexity index is 483. The normalized spacial score (nSPS) is 27.4. The quantitative estimate of drug-likeness (QED) is 0.871. The number of halogens is 2. The minimum atomic E-state index is 0.431. The van der Waals surface area contributed by atoms with Crippen LogP contribution in [0.3, 0.4) is 0 Å². The van der Waals surface area contributed by atoms with E-state index >= 15 is 0 Å². The van der Waals surface area contributed by atoms with Gasteiger partial charge in [0, 0.05) is 23.7 Å². The van der Waals surface area contributed by atoms with Crippen LogP contribution in [0.5, 0.6) is 5.75 Å². The monoisotopic (exact) mass is 360 g/mol. The number of anilines is 1. The van der Waals surface area contributed by atoms with Crippen molar-refractivity contribution in [2.24, 2.45) is 5.92 Å². The zero-order valence-electron chi connectivity index (χ0n) is 12.4. The van der Waals surface area contributed by atoms with Crippen LogP contribution in [-0.2, 0) is 0 Å². The molecule has 20 heavy (non-hydrogen) atoms. The molecule has 0 spiro atoms. The molecule has 0 amide bonds. The number of methoxy groups -OCH3 is 1. The highest BCUT2D eigenvalue weighted by atomic mass is 79.9. The molecule has 1 N–H and O–H groups in total. The summed E-state index contributed by atoms with van der Waals surface area (Å²) in [5.74, 6) is 1.40. The summed E-state index contributed by atoms with van der Waals surface area (Å²) in [6, 6.07) is 4.80. The molecule has 0 bridgehead atoms. The molecule has 1 heterocycles. The number of rotatable bonds is 3. The number of likely N-dealkylation sites (tertiary alicyclic amines) is 1. The molecule has 1 aromatic carbocycles. The van der Waals surface area contributed by atoms with Gasteiger partial charge in [0.15, 0.2) is 5.75 Å². The molecule has 3 unspecified atom stereocenters. The van der Waals surface area contributed by atoms with Crippen LogP contribution in [0.25, 0.3) is 0 Å². The first-order chi connectivity index (χ1) is 9.42. The topological polar surface area (TPSA) is 24.5 Å². The Hall–Kier alpha value is -0.450. The fraction of sp³-hybridized carbons (Fsp3) is 0.600. The van der Waals surface area contributed by atoms with Crippen LogP contribution in [0.2, 0.25) is 5.02 Å². The maximum atomic E-state index is 6.15. The molecule has 0 saturated carbocycles. The van der Waals surface area contributed by atoms with Crippen LogP contribution in [0.1, 0.15) is 20.3 Å². The largest absolute Gasteiger partial charge is 0.493 e. The van der Waals surface area contributed by atoms with Crippen molar-refractivity contribution in [3.8, 4) is 5.75 Å². The number of hydrogen-bond donors (Lipinski definition) is 1. The van der Waals surface area contributed by atoms with Crippen LogP contribution >= 0.6 is 27.5 Å². The molecular weight excluding hydrogens is 340 g/mol. The average molecular weight is 362 g/mol. The van der Waals surface area contributed by atoms with Gasteiger partial charge in [0.05, 0.1) is 17.3 Å². The molecule has 3 atom stereocenters. The predicted molar refractivity (Wildman–Crippen MR) is 89.0 cm³/mol. The predicted octanol–water partition coefficient (Wildman–Crippen LogP) is 4.25. The molecule has 1 aliphatic heterocycles. The Labute approximate surface area is 134 Å². The summed E-state index contributed by atoms with van der Waals surface area (Å²) in [4.78, 5) is 2.41. The third-order valence-corrected chi connectivity index (χ3v) is 4.97. The van der Waals surface area contributed by atoms with Gasteiger partial charge >= 0.3 is 0 Å². The molecule has 1 fully saturated rings. The average Bonchev–Trinajstić information content (AvgIpc) is 2.35. The molecule has 1 saturated heterocycles. The third-order valence-electron chi connectivity index (χ3n) is 4.16. The molecule has 0 aromatic heterocycles. The molecule has 0 radical (unpaired) electrons. The van der Waals surface area contributed by atoms with E-state index in [1.165, 1.54) is 0 Å². The summed E-state index contributed by atoms with van der Waals surface area (Å²) < 4.78 is 6.36. The van der Waals surface area contributed by atoms with E-state index in [1.54, 1.807) is 7.11 Å². The van der Waals surface area contributed by atoms with Crippen molar-refractivity contribution < 1.29 is 4.74 Å². The van der Waals surface area contributed by atoms with E-state index in [0.29, 0.717) is 23.0 Å². The second-order valence-corrected chi connectivity index (χ2v) is 7.01. The van der Waals surface area contributed by atoms with Crippen LogP contribution in [0, 0.1) is 5.92 Å². The highest BCUT2D eigenvalue weighted by molar-refractivity contribution is 9.10. The first-order valence-corrected chi connectivity index (χ1v) is 8.09. The molecule has 0 aliphatic carbocycles. The van der Waals surface area contributed by atoms with Gasteiger partial charge in [0.25, 0.3) is 0 Å². The fourth-order valence-electron chi connectivity index (χ4n) is 2.82. The number of ether oxygens (including phenoxy) is 1. The van der Waals surface area contributed by atoms with Gasteiger partial charge in [-0.15, -0.1) is 0 Å². The zero-order chi connectivity index (χ0) is 14.9. The van der Waals surface area contributed by atoms with Crippen molar-refractivity contribution in [2.75, 3.05) is 26.0 Å². The van der Waals surface area contributed by atoms with E-state index in [4.69, 9.17) is 16.3 Å². The molecule has 2 rings (SSSR count). The lowest BCUT2D eigenvalue weighted by Gasteiger charge is -2.40. The summed E-state index contributed by atoms with van der Waals surface area (Å²) in [7, 11) is 3.87. The van der Waals surface area contributed by atoms with Gasteiger partial charge in [-0.3, -0.25) is 0 Å². The molecule has 3 nitrogen and oxygen atoms in total. The Balaban J connectivity index is 2.21. The van der Waals surface area contributed by atoms with E-state index in [9.17, 15) is 0 Å². The van der Waals surface area contributed by atoms with E-state index in [-0.39, 0.29) is 0 Å². The summed E-state index contributed by atoms with van der Waals surface area (Å²) in [6.07, 6.45) is 1.12. The van der Waals surface area contributed by atoms with Gasteiger partial charge in [0.2, 0.25) is 0 Å². The molecule has 112 valence electrons. The first kappa shape index (κ1) is 15.9. The highest BCUT2D eigenvalue weighted by Gasteiger charge is 2.29. The molecule has 5 heteroatoms. The van der Waals surface area contributed by atoms with Crippen molar-refractivity contribution in [1.82, 2.24) is 4.90 Å². The Kier molecular flexibility index (Phi) is 5.21. The van der Waals surface area contributed by atoms with Crippen molar-refractivity contribution in [2.45, 2.75) is 32.4 Å². The minimum Gasteiger partial charge on any atom is -0.493 e. The van der Waals surface area contributed by atoms with Gasteiger partial charge in [-0.05, 0) is 54.4 Å². The Morgan fingerprint density at radius 3 is 2.75 bits per heavy atom. The van der Waals surface area contributed by atoms with Crippen LogP contribution in [0.4, 0.5) is 5.69 Å². The first-order valence-electron chi connectivity index (χ1n) is 6.92. The van der Waals surface area contributed by atoms with Gasteiger partial charge in [-0.25, -0.2) is 0 Å². The van der Waals surface area contributed by atoms with E-state index in [0.717, 1.165) is 28.9 Å². The van der Waals surface area contributed by atoms with Crippen molar-refractivity contribution >= 4 is 33.2 Å². The van der Waals surface area contributed by atoms with Crippen LogP contribution in [0.15, 0.2) is 16.6 Å². The van der Waals surface area contributed by atoms with Crippen molar-refractivity contribution in [3.63, 3.8) is 0 Å². The lowest BCUT2D eigenvalue weighted by Crippen LogP contribution is -2.48. The molecule has 1 aliphatic rings. The van der Waals surface area contributed by atoms with Gasteiger partial charge in [-0.2, -0.15) is 0 Å². The standard InChI is InChI=1S/C15H22BrClN2O/c1-9-8-19(3)10(2)5-13(9)18-14-7-11(17)6-12(16)15(14)20-4/h6-7,9-10,13,18H,5,8H2,1-4H3. The minimum absolute atomic E-state index is 0.431. The molecular formula is C15H22BrClN2O. The fourth-order valence-corrected chi connectivity index (χ4v) is 3.79. The third kappa shape index (κ3) is 3.41. The zero-order valence-corrected chi connectivity index (χ0v) is 14.8. The van der Waals surface area contributed by atoms with Gasteiger partial charge in [0.1, 0.15) is 0 Å². The lowest BCUT2D eigenvalue weighted by atomic mass is 9.89. The SMILES string of the molecule is COc1c(Br)cc(Cl)cc1NC1CC(C)N(C)CC1C. The Morgan fingerprint density at radius 1 is 1.40 bits per heavy atom. The summed E-state index contributed by atoms with van der Waals surface area (Å²) >= 11 is 9.65. The number of hydrogen-bond acceptors (Lipinski definition) is 3. The summed E-state index contributed by atoms with van der Waals surface area (Å²) in [6.45, 7) is 5.65. The van der Waals surface area contributed by atoms with E-state index in [1.807, 2.05) is 12.1 Å². The Morgan fingerprint density at radius 2 is 2.10 bits per heavy atom. The number of nitrogens with zero attached hydrogens (tertiary/aromatic N) is 1. The van der Waals surface area contributed by atoms with Gasteiger partial charge < -0.3 is 15.0 Å². The molecule has 1 aromatic rings.